The maximum Gasteiger partial charge on any atom is 0.403 e. The molecule has 32 heteroatoms. The molecule has 0 spiro atoms. The van der Waals surface area contributed by atoms with Crippen LogP contribution in [-0.2, 0) is 38.4 Å². The Morgan fingerprint density at radius 3 is 0.950 bits per heavy atom. The molecule has 346 valence electrons. The van der Waals surface area contributed by atoms with E-state index in [1.54, 1.807) is 0 Å². The zero-order valence-corrected chi connectivity index (χ0v) is 31.5. The Labute approximate surface area is 336 Å². The van der Waals surface area contributed by atoms with Crippen LogP contribution in [0.4, 0.5) is 52.7 Å². The van der Waals surface area contributed by atoms with Gasteiger partial charge >= 0.3 is 48.6 Å². The number of carbonyl (C=O) groups excluding carboxylic acids is 4. The summed E-state index contributed by atoms with van der Waals surface area (Å²) in [5, 5.41) is 41.7. The van der Waals surface area contributed by atoms with Gasteiger partial charge in [-0.1, -0.05) is 21.6 Å². The third kappa shape index (κ3) is 19.7. The number of nitrogens with two attached hydrogens (primary N) is 2. The minimum Gasteiger partial charge on any atom is -0.480 e. The Hall–Kier alpha value is -4.46. The fraction of sp³-hybridized carbons (Fsp3) is 0.714. The molecule has 0 aliphatic heterocycles. The van der Waals surface area contributed by atoms with Gasteiger partial charge in [-0.25, -0.2) is 9.59 Å². The molecule has 4 amide bonds. The molecule has 0 aromatic rings. The maximum atomic E-state index is 13.3. The van der Waals surface area contributed by atoms with Gasteiger partial charge in [-0.05, 0) is 25.7 Å². The highest BCUT2D eigenvalue weighted by Gasteiger charge is 2.64. The molecule has 0 bridgehead atoms. The molecule has 0 aliphatic rings. The zero-order chi connectivity index (χ0) is 47.1. The van der Waals surface area contributed by atoms with Crippen molar-refractivity contribution in [2.75, 3.05) is 11.5 Å². The van der Waals surface area contributed by atoms with Crippen LogP contribution >= 0.6 is 21.6 Å². The number of hydrogen-bond acceptors (Lipinski definition) is 12. The lowest BCUT2D eigenvalue weighted by Gasteiger charge is -2.30. The van der Waals surface area contributed by atoms with E-state index in [2.05, 4.69) is 0 Å². The molecule has 0 saturated heterocycles. The predicted octanol–water partition coefficient (Wildman–Crippen LogP) is 1.12. The molecule has 12 N–H and O–H groups in total. The van der Waals surface area contributed by atoms with Gasteiger partial charge in [-0.2, -0.15) is 52.7 Å². The molecule has 0 fully saturated rings. The van der Waals surface area contributed by atoms with Crippen LogP contribution in [0.5, 0.6) is 0 Å². The van der Waals surface area contributed by atoms with Crippen molar-refractivity contribution in [1.82, 2.24) is 21.3 Å². The van der Waals surface area contributed by atoms with Gasteiger partial charge in [-0.3, -0.25) is 28.8 Å². The summed E-state index contributed by atoms with van der Waals surface area (Å²) in [6.07, 6.45) is -28.2. The van der Waals surface area contributed by atoms with Gasteiger partial charge in [0.1, 0.15) is 36.3 Å². The molecule has 6 atom stereocenters. The number of nitrogens with one attached hydrogen (secondary N) is 4. The van der Waals surface area contributed by atoms with Crippen LogP contribution < -0.4 is 32.7 Å². The summed E-state index contributed by atoms with van der Waals surface area (Å²) >= 11 is 0. The van der Waals surface area contributed by atoms with Gasteiger partial charge in [0.25, 0.3) is 0 Å². The van der Waals surface area contributed by atoms with Gasteiger partial charge in [0, 0.05) is 24.3 Å². The lowest BCUT2D eigenvalue weighted by Crippen LogP contribution is -2.60. The van der Waals surface area contributed by atoms with Crippen LogP contribution in [0.2, 0.25) is 0 Å². The molecule has 60 heavy (non-hydrogen) atoms. The molecule has 0 aromatic carbocycles. The Bertz CT molecular complexity index is 1400. The number of carbonyl (C=O) groups is 8. The minimum absolute atomic E-state index is 0.219. The van der Waals surface area contributed by atoms with Crippen LogP contribution in [0.15, 0.2) is 0 Å². The van der Waals surface area contributed by atoms with Crippen LogP contribution in [-0.4, -0.2) is 140 Å². The van der Waals surface area contributed by atoms with Crippen molar-refractivity contribution in [1.29, 1.82) is 0 Å². The van der Waals surface area contributed by atoms with E-state index in [4.69, 9.17) is 21.7 Å². The third-order valence-electron chi connectivity index (χ3n) is 7.53. The number of hydrogen-bond donors (Lipinski definition) is 10. The van der Waals surface area contributed by atoms with E-state index in [1.807, 2.05) is 10.6 Å². The second-order valence-electron chi connectivity index (χ2n) is 12.3. The molecule has 0 aliphatic carbocycles. The molecular formula is C28H36F12N6O12S2. The first kappa shape index (κ1) is 55.5. The van der Waals surface area contributed by atoms with E-state index < -0.39 is 145 Å². The van der Waals surface area contributed by atoms with E-state index in [-0.39, 0.29) is 47.3 Å². The summed E-state index contributed by atoms with van der Waals surface area (Å²) in [5.74, 6) is -26.7. The average Bonchev–Trinajstić information content (AvgIpc) is 3.05. The van der Waals surface area contributed by atoms with Gasteiger partial charge in [0.15, 0.2) is 11.8 Å². The smallest absolute Gasteiger partial charge is 0.403 e. The van der Waals surface area contributed by atoms with Gasteiger partial charge in [0.05, 0.1) is 0 Å². The van der Waals surface area contributed by atoms with Crippen LogP contribution in [0, 0.1) is 11.8 Å². The van der Waals surface area contributed by atoms with Crippen molar-refractivity contribution in [3.05, 3.63) is 0 Å². The number of halogens is 12. The number of amides is 4. The molecule has 0 rings (SSSR count). The predicted molar refractivity (Wildman–Crippen MR) is 178 cm³/mol. The lowest BCUT2D eigenvalue weighted by molar-refractivity contribution is -0.291. The van der Waals surface area contributed by atoms with E-state index in [0.717, 1.165) is 10.6 Å². The van der Waals surface area contributed by atoms with Crippen molar-refractivity contribution in [3.8, 4) is 0 Å². The molecule has 0 radical (unpaired) electrons. The van der Waals surface area contributed by atoms with E-state index in [0.29, 0.717) is 0 Å². The summed E-state index contributed by atoms with van der Waals surface area (Å²) in [6, 6.07) is -15.2. The molecule has 0 heterocycles. The SMILES string of the molecule is N[C@@H](CCCC(=O)N[C@@H](CSSC[C@H](NC(=O)CCC[C@H](N)C(=O)O)C(=O)NC(C(=O)O)C(C(F)(F)F)C(F)(F)F)C(=O)NC(C(=O)O)C(C(F)(F)F)C(F)(F)F)C(=O)O. The van der Waals surface area contributed by atoms with Crippen molar-refractivity contribution >= 4 is 69.1 Å². The minimum atomic E-state index is -6.33. The van der Waals surface area contributed by atoms with Crippen LogP contribution in [0.25, 0.3) is 0 Å². The summed E-state index contributed by atoms with van der Waals surface area (Å²) in [4.78, 5) is 95.8. The maximum absolute atomic E-state index is 13.3. The quantitative estimate of drug-likeness (QED) is 0.0348. The van der Waals surface area contributed by atoms with Gasteiger partial charge < -0.3 is 53.2 Å². The van der Waals surface area contributed by atoms with E-state index >= 15 is 0 Å². The Kier molecular flexibility index (Phi) is 21.8. The highest BCUT2D eigenvalue weighted by molar-refractivity contribution is 8.76. The summed E-state index contributed by atoms with van der Waals surface area (Å²) < 4.78 is 160. The molecule has 0 aromatic heterocycles. The van der Waals surface area contributed by atoms with Crippen molar-refractivity contribution in [3.63, 3.8) is 0 Å². The van der Waals surface area contributed by atoms with E-state index in [1.165, 1.54) is 0 Å². The second-order valence-corrected chi connectivity index (χ2v) is 14.8. The lowest BCUT2D eigenvalue weighted by atomic mass is 9.98. The fourth-order valence-corrected chi connectivity index (χ4v) is 6.88. The molecule has 18 nitrogen and oxygen atoms in total. The molecule has 0 saturated carbocycles. The topological polar surface area (TPSA) is 318 Å². The highest BCUT2D eigenvalue weighted by atomic mass is 33.1. The number of aliphatic carboxylic acids is 4. The molecule has 2 unspecified atom stereocenters. The Morgan fingerprint density at radius 2 is 0.733 bits per heavy atom. The summed E-state index contributed by atoms with van der Waals surface area (Å²) in [7, 11) is 0.438. The average molecular weight is 941 g/mol. The van der Waals surface area contributed by atoms with E-state index in [9.17, 15) is 101 Å². The zero-order valence-electron chi connectivity index (χ0n) is 29.8. The first-order valence-electron chi connectivity index (χ1n) is 16.3. The fourth-order valence-electron chi connectivity index (χ4n) is 4.55. The standard InChI is InChI=1S/C28H36F12N6O12S2/c29-25(30,31)17(26(32,33)34)15(23(55)56)45-19(49)11(43-13(47)5-1-3-9(41)21(51)52)7-59-60-8-12(44-14(48)6-2-4-10(42)22(53)54)20(50)46-16(24(57)58)18(27(35,36)37)28(38,39)40/h9-12,15-18H,1-8,41-42H2,(H,43,47)(H,44,48)(H,45,49)(H,46,50)(H,51,52)(H,53,54)(H,55,56)(H,57,58)/t9-,10-,11-,12-,15?,16?/m0/s1. The number of carboxylic acid groups (broad SMARTS) is 4. The Balaban J connectivity index is 6.55. The van der Waals surface area contributed by atoms with Crippen molar-refractivity contribution in [2.45, 2.75) is 99.5 Å². The first-order chi connectivity index (χ1) is 27.1. The highest BCUT2D eigenvalue weighted by Crippen LogP contribution is 2.43. The van der Waals surface area contributed by atoms with Gasteiger partial charge in [-0.15, -0.1) is 0 Å². The van der Waals surface area contributed by atoms with Gasteiger partial charge in [0.2, 0.25) is 23.6 Å². The van der Waals surface area contributed by atoms with Crippen molar-refractivity contribution in [2.24, 2.45) is 23.3 Å². The number of rotatable bonds is 25. The van der Waals surface area contributed by atoms with Crippen LogP contribution in [0.3, 0.4) is 0 Å². The number of alkyl halides is 12. The van der Waals surface area contributed by atoms with Crippen LogP contribution in [0.1, 0.15) is 38.5 Å². The Morgan fingerprint density at radius 1 is 0.467 bits per heavy atom. The third-order valence-corrected chi connectivity index (χ3v) is 9.96. The largest absolute Gasteiger partial charge is 0.480 e. The summed E-state index contributed by atoms with van der Waals surface area (Å²) in [6.45, 7) is 0. The number of carboxylic acids is 4. The second kappa shape index (κ2) is 23.5. The van der Waals surface area contributed by atoms with Crippen molar-refractivity contribution < 1.29 is 111 Å². The monoisotopic (exact) mass is 940 g/mol. The summed E-state index contributed by atoms with van der Waals surface area (Å²) in [5.41, 5.74) is 10.6. The first-order valence-corrected chi connectivity index (χ1v) is 18.7. The normalized spacial score (nSPS) is 15.5. The molecular weight excluding hydrogens is 904 g/mol.